The Labute approximate surface area is 133 Å². The van der Waals surface area contributed by atoms with Crippen LogP contribution in [0.2, 0.25) is 0 Å². The number of aromatic nitrogens is 1. The van der Waals surface area contributed by atoms with E-state index < -0.39 is 0 Å². The molecule has 7 nitrogen and oxygen atoms in total. The highest BCUT2D eigenvalue weighted by molar-refractivity contribution is 5.94. The maximum Gasteiger partial charge on any atom is 0.309 e. The second-order valence-corrected chi connectivity index (χ2v) is 5.17. The molecular weight excluding hydrogens is 294 g/mol. The molecule has 1 amide bonds. The number of carbonyl (C=O) groups excluding carboxylic acids is 1. The van der Waals surface area contributed by atoms with E-state index in [4.69, 9.17) is 10.1 Å². The number of anilines is 1. The summed E-state index contributed by atoms with van der Waals surface area (Å²) >= 11 is 0. The minimum absolute atomic E-state index is 0.0887. The van der Waals surface area contributed by atoms with Gasteiger partial charge in [-0.25, -0.2) is 4.98 Å². The number of rotatable bonds is 3. The Morgan fingerprint density at radius 1 is 1.30 bits per heavy atom. The third-order valence-electron chi connectivity index (χ3n) is 3.70. The molecule has 2 aromatic rings. The fraction of sp³-hybridized carbons (Fsp3) is 0.250. The number of pyridine rings is 1. The molecule has 1 saturated heterocycles. The number of hydrogen-bond acceptors (Lipinski definition) is 5. The average molecular weight is 310 g/mol. The van der Waals surface area contributed by atoms with Crippen LogP contribution < -0.4 is 5.43 Å². The van der Waals surface area contributed by atoms with E-state index in [0.717, 1.165) is 5.56 Å². The van der Waals surface area contributed by atoms with E-state index in [9.17, 15) is 4.79 Å². The first-order chi connectivity index (χ1) is 11.3. The second-order valence-electron chi connectivity index (χ2n) is 5.17. The van der Waals surface area contributed by atoms with Crippen molar-refractivity contribution in [1.82, 2.24) is 9.88 Å². The second kappa shape index (κ2) is 6.85. The van der Waals surface area contributed by atoms with Crippen LogP contribution in [0.5, 0.6) is 0 Å². The molecule has 1 aliphatic rings. The van der Waals surface area contributed by atoms with Crippen LogP contribution >= 0.6 is 0 Å². The molecule has 0 spiro atoms. The fourth-order valence-corrected chi connectivity index (χ4v) is 2.52. The Morgan fingerprint density at radius 2 is 2.13 bits per heavy atom. The molecule has 7 heteroatoms. The number of carbonyl (C=O) groups is 1. The SMILES string of the molecule is N#[N+]Nc1ccc(C(=O)N2CCO[C@H](c3ccccc3)C2)cn1. The number of amides is 1. The van der Waals surface area contributed by atoms with Crippen LogP contribution in [0.25, 0.3) is 5.08 Å². The van der Waals surface area contributed by atoms with Crippen LogP contribution in [0.15, 0.2) is 48.7 Å². The van der Waals surface area contributed by atoms with Gasteiger partial charge >= 0.3 is 5.08 Å². The summed E-state index contributed by atoms with van der Waals surface area (Å²) in [5.74, 6) is 0.280. The van der Waals surface area contributed by atoms with Gasteiger partial charge in [-0.15, -0.1) is 0 Å². The number of nitrogens with one attached hydrogen (secondary N) is 1. The van der Waals surface area contributed by atoms with Crippen LogP contribution in [-0.4, -0.2) is 35.5 Å². The van der Waals surface area contributed by atoms with E-state index in [1.54, 1.807) is 17.0 Å². The summed E-state index contributed by atoms with van der Waals surface area (Å²) in [7, 11) is 0. The van der Waals surface area contributed by atoms with Gasteiger partial charge in [0.25, 0.3) is 11.3 Å². The molecule has 3 rings (SSSR count). The molecule has 0 saturated carbocycles. The van der Waals surface area contributed by atoms with Gasteiger partial charge in [0.1, 0.15) is 6.10 Å². The van der Waals surface area contributed by atoms with Crippen molar-refractivity contribution < 1.29 is 9.53 Å². The lowest BCUT2D eigenvalue weighted by Gasteiger charge is -2.33. The summed E-state index contributed by atoms with van der Waals surface area (Å²) in [6, 6.07) is 13.1. The minimum atomic E-state index is -0.115. The Balaban J connectivity index is 1.71. The van der Waals surface area contributed by atoms with Gasteiger partial charge in [0.15, 0.2) is 0 Å². The average Bonchev–Trinajstić information content (AvgIpc) is 2.63. The lowest BCUT2D eigenvalue weighted by Crippen LogP contribution is -2.42. The lowest BCUT2D eigenvalue weighted by atomic mass is 10.1. The molecule has 0 aliphatic carbocycles. The van der Waals surface area contributed by atoms with Crippen molar-refractivity contribution in [2.75, 3.05) is 25.1 Å². The number of ether oxygens (including phenoxy) is 1. The molecule has 1 aliphatic heterocycles. The number of hydrogen-bond donors (Lipinski definition) is 1. The van der Waals surface area contributed by atoms with Gasteiger partial charge in [-0.1, -0.05) is 30.3 Å². The van der Waals surface area contributed by atoms with Crippen molar-refractivity contribution in [3.05, 3.63) is 64.9 Å². The van der Waals surface area contributed by atoms with Gasteiger partial charge in [-0.3, -0.25) is 4.79 Å². The lowest BCUT2D eigenvalue weighted by molar-refractivity contribution is -0.0228. The molecule has 1 aromatic carbocycles. The molecule has 1 N–H and O–H groups in total. The van der Waals surface area contributed by atoms with E-state index in [0.29, 0.717) is 31.1 Å². The third-order valence-corrected chi connectivity index (χ3v) is 3.70. The highest BCUT2D eigenvalue weighted by Gasteiger charge is 2.26. The largest absolute Gasteiger partial charge is 0.370 e. The van der Waals surface area contributed by atoms with E-state index in [1.165, 1.54) is 6.20 Å². The molecule has 0 radical (unpaired) electrons. The monoisotopic (exact) mass is 310 g/mol. The molecule has 1 atom stereocenters. The zero-order chi connectivity index (χ0) is 16.1. The number of diazo groups is 1. The molecule has 0 unspecified atom stereocenters. The van der Waals surface area contributed by atoms with Gasteiger partial charge < -0.3 is 9.64 Å². The van der Waals surface area contributed by atoms with Crippen molar-refractivity contribution in [3.63, 3.8) is 0 Å². The normalized spacial score (nSPS) is 17.3. The van der Waals surface area contributed by atoms with Crippen molar-refractivity contribution in [2.45, 2.75) is 6.10 Å². The predicted molar refractivity (Wildman–Crippen MR) is 84.0 cm³/mol. The number of morpholine rings is 1. The van der Waals surface area contributed by atoms with Gasteiger partial charge in [0, 0.05) is 18.2 Å². The zero-order valence-electron chi connectivity index (χ0n) is 12.4. The first-order valence-electron chi connectivity index (χ1n) is 7.30. The topological polar surface area (TPSA) is 82.6 Å². The van der Waals surface area contributed by atoms with E-state index >= 15 is 0 Å². The highest BCUT2D eigenvalue weighted by Crippen LogP contribution is 2.23. The van der Waals surface area contributed by atoms with Crippen molar-refractivity contribution >= 4 is 11.7 Å². The molecule has 1 aromatic heterocycles. The van der Waals surface area contributed by atoms with Crippen LogP contribution in [0.4, 0.5) is 5.82 Å². The summed E-state index contributed by atoms with van der Waals surface area (Å²) in [4.78, 5) is 18.4. The summed E-state index contributed by atoms with van der Waals surface area (Å²) in [5, 5.41) is 11.2. The summed E-state index contributed by atoms with van der Waals surface area (Å²) < 4.78 is 5.77. The molecular formula is C16H16N5O2+. The van der Waals surface area contributed by atoms with Crippen molar-refractivity contribution in [3.8, 4) is 0 Å². The highest BCUT2D eigenvalue weighted by atomic mass is 16.5. The summed E-state index contributed by atoms with van der Waals surface area (Å²) in [5.41, 5.74) is 3.86. The van der Waals surface area contributed by atoms with Gasteiger partial charge in [-0.05, 0) is 17.7 Å². The van der Waals surface area contributed by atoms with Gasteiger partial charge in [0.05, 0.1) is 18.7 Å². The molecule has 23 heavy (non-hydrogen) atoms. The fourth-order valence-electron chi connectivity index (χ4n) is 2.52. The number of nitrogens with zero attached hydrogens (tertiary/aromatic N) is 4. The predicted octanol–water partition coefficient (Wildman–Crippen LogP) is 2.48. The van der Waals surface area contributed by atoms with Gasteiger partial charge in [-0.2, -0.15) is 0 Å². The Morgan fingerprint density at radius 3 is 2.83 bits per heavy atom. The molecule has 0 bridgehead atoms. The smallest absolute Gasteiger partial charge is 0.309 e. The van der Waals surface area contributed by atoms with Gasteiger partial charge in [0.2, 0.25) is 5.82 Å². The molecule has 1 fully saturated rings. The first kappa shape index (κ1) is 14.9. The third kappa shape index (κ3) is 3.44. The summed E-state index contributed by atoms with van der Waals surface area (Å²) in [6.07, 6.45) is 1.35. The maximum atomic E-state index is 12.6. The quantitative estimate of drug-likeness (QED) is 0.695. The number of benzene rings is 1. The van der Waals surface area contributed by atoms with E-state index in [1.807, 2.05) is 30.3 Å². The van der Waals surface area contributed by atoms with Crippen molar-refractivity contribution in [1.29, 1.82) is 5.39 Å². The van der Waals surface area contributed by atoms with E-state index in [2.05, 4.69) is 15.5 Å². The first-order valence-corrected chi connectivity index (χ1v) is 7.30. The Kier molecular flexibility index (Phi) is 4.45. The van der Waals surface area contributed by atoms with E-state index in [-0.39, 0.29) is 12.0 Å². The standard InChI is InChI=1S/C16H15N5O2/c17-20-19-15-7-6-13(10-18-15)16(22)21-8-9-23-14(11-21)12-4-2-1-3-5-12/h1-7,10,14H,8-9,11H2/p+1/t14-/m0/s1. The van der Waals surface area contributed by atoms with Crippen LogP contribution in [0, 0.1) is 5.39 Å². The van der Waals surface area contributed by atoms with Crippen molar-refractivity contribution in [2.24, 2.45) is 0 Å². The Bertz CT molecular complexity index is 712. The minimum Gasteiger partial charge on any atom is -0.370 e. The molecule has 2 heterocycles. The van der Waals surface area contributed by atoms with Crippen LogP contribution in [0.3, 0.4) is 0 Å². The Hall–Kier alpha value is -2.98. The van der Waals surface area contributed by atoms with Crippen LogP contribution in [0.1, 0.15) is 22.0 Å². The molecule has 116 valence electrons. The zero-order valence-corrected chi connectivity index (χ0v) is 12.4. The van der Waals surface area contributed by atoms with Crippen LogP contribution in [-0.2, 0) is 4.74 Å². The summed E-state index contributed by atoms with van der Waals surface area (Å²) in [6.45, 7) is 1.56. The maximum absolute atomic E-state index is 12.6.